The van der Waals surface area contributed by atoms with E-state index in [4.69, 9.17) is 4.74 Å². The van der Waals surface area contributed by atoms with Gasteiger partial charge in [-0.05, 0) is 42.8 Å². The van der Waals surface area contributed by atoms with Gasteiger partial charge in [0.1, 0.15) is 11.4 Å². The standard InChI is InChI=1S/C18H19N3O5S/c1-26-15-4-2-13(3-5-15)20-17(22)12-6-8-19-16(10-12)18(23)21-14-7-9-27(24,25)11-14/h2-6,8,10,14H,7,9,11H2,1H3,(H,20,22)(H,21,23). The maximum absolute atomic E-state index is 12.4. The Bertz CT molecular complexity index is 957. The van der Waals surface area contributed by atoms with Gasteiger partial charge in [0, 0.05) is 23.5 Å². The van der Waals surface area contributed by atoms with E-state index >= 15 is 0 Å². The molecule has 1 aromatic carbocycles. The number of rotatable bonds is 5. The molecule has 2 aromatic rings. The zero-order valence-electron chi connectivity index (χ0n) is 14.6. The summed E-state index contributed by atoms with van der Waals surface area (Å²) in [4.78, 5) is 28.7. The average molecular weight is 389 g/mol. The summed E-state index contributed by atoms with van der Waals surface area (Å²) in [6, 6.07) is 9.28. The van der Waals surface area contributed by atoms with Gasteiger partial charge in [-0.25, -0.2) is 8.42 Å². The Kier molecular flexibility index (Phi) is 5.41. The summed E-state index contributed by atoms with van der Waals surface area (Å²) in [5.41, 5.74) is 0.909. The van der Waals surface area contributed by atoms with E-state index in [-0.39, 0.29) is 28.7 Å². The van der Waals surface area contributed by atoms with Crippen molar-refractivity contribution >= 4 is 27.3 Å². The van der Waals surface area contributed by atoms with Gasteiger partial charge in [-0.3, -0.25) is 14.6 Å². The first-order valence-corrected chi connectivity index (χ1v) is 10.1. The molecule has 142 valence electrons. The van der Waals surface area contributed by atoms with Crippen LogP contribution in [0.1, 0.15) is 27.3 Å². The summed E-state index contributed by atoms with van der Waals surface area (Å²) in [5, 5.41) is 5.38. The number of nitrogens with zero attached hydrogens (tertiary/aromatic N) is 1. The van der Waals surface area contributed by atoms with Crippen LogP contribution in [0.25, 0.3) is 0 Å². The van der Waals surface area contributed by atoms with E-state index in [9.17, 15) is 18.0 Å². The number of aromatic nitrogens is 1. The van der Waals surface area contributed by atoms with Gasteiger partial charge in [0.2, 0.25) is 0 Å². The van der Waals surface area contributed by atoms with E-state index in [0.29, 0.717) is 17.9 Å². The van der Waals surface area contributed by atoms with Crippen molar-refractivity contribution in [3.8, 4) is 5.75 Å². The van der Waals surface area contributed by atoms with Gasteiger partial charge in [0.25, 0.3) is 11.8 Å². The van der Waals surface area contributed by atoms with Crippen molar-refractivity contribution in [3.63, 3.8) is 0 Å². The Hall–Kier alpha value is -2.94. The lowest BCUT2D eigenvalue weighted by atomic mass is 10.2. The molecule has 0 saturated carbocycles. The molecule has 0 aliphatic carbocycles. The molecule has 1 saturated heterocycles. The Morgan fingerprint density at radius 3 is 2.52 bits per heavy atom. The van der Waals surface area contributed by atoms with E-state index in [1.54, 1.807) is 31.4 Å². The maximum atomic E-state index is 12.4. The number of carbonyl (C=O) groups is 2. The van der Waals surface area contributed by atoms with E-state index in [1.165, 1.54) is 18.3 Å². The van der Waals surface area contributed by atoms with Gasteiger partial charge in [-0.1, -0.05) is 0 Å². The molecule has 2 amide bonds. The van der Waals surface area contributed by atoms with E-state index < -0.39 is 21.8 Å². The van der Waals surface area contributed by atoms with Crippen LogP contribution in [0, 0.1) is 0 Å². The smallest absolute Gasteiger partial charge is 0.270 e. The molecule has 0 bridgehead atoms. The third-order valence-electron chi connectivity index (χ3n) is 4.17. The fourth-order valence-corrected chi connectivity index (χ4v) is 4.42. The number of methoxy groups -OCH3 is 1. The monoisotopic (exact) mass is 389 g/mol. The van der Waals surface area contributed by atoms with Gasteiger partial charge < -0.3 is 15.4 Å². The molecule has 2 N–H and O–H groups in total. The molecule has 27 heavy (non-hydrogen) atoms. The third-order valence-corrected chi connectivity index (χ3v) is 5.94. The van der Waals surface area contributed by atoms with Gasteiger partial charge in [-0.15, -0.1) is 0 Å². The number of nitrogens with one attached hydrogen (secondary N) is 2. The predicted molar refractivity (Wildman–Crippen MR) is 99.7 cm³/mol. The molecule has 1 aliphatic heterocycles. The van der Waals surface area contributed by atoms with Crippen molar-refractivity contribution in [2.75, 3.05) is 23.9 Å². The maximum Gasteiger partial charge on any atom is 0.270 e. The number of ether oxygens (including phenoxy) is 1. The van der Waals surface area contributed by atoms with Crippen molar-refractivity contribution in [1.29, 1.82) is 0 Å². The van der Waals surface area contributed by atoms with Gasteiger partial charge in [-0.2, -0.15) is 0 Å². The largest absolute Gasteiger partial charge is 0.497 e. The average Bonchev–Trinajstić information content (AvgIpc) is 3.00. The number of hydrogen-bond donors (Lipinski definition) is 2. The minimum atomic E-state index is -3.09. The molecule has 9 heteroatoms. The number of anilines is 1. The van der Waals surface area contributed by atoms with Crippen LogP contribution in [-0.2, 0) is 9.84 Å². The Morgan fingerprint density at radius 1 is 1.15 bits per heavy atom. The Labute approximate surface area is 156 Å². The van der Waals surface area contributed by atoms with Crippen molar-refractivity contribution in [1.82, 2.24) is 10.3 Å². The zero-order valence-corrected chi connectivity index (χ0v) is 15.5. The summed E-state index contributed by atoms with van der Waals surface area (Å²) in [6.07, 6.45) is 1.74. The van der Waals surface area contributed by atoms with Gasteiger partial charge >= 0.3 is 0 Å². The summed E-state index contributed by atoms with van der Waals surface area (Å²) in [6.45, 7) is 0. The number of benzene rings is 1. The highest BCUT2D eigenvalue weighted by Crippen LogP contribution is 2.16. The quantitative estimate of drug-likeness (QED) is 0.796. The molecule has 1 aliphatic rings. The molecular weight excluding hydrogens is 370 g/mol. The fraction of sp³-hybridized carbons (Fsp3) is 0.278. The topological polar surface area (TPSA) is 114 Å². The number of carbonyl (C=O) groups excluding carboxylic acids is 2. The molecule has 8 nitrogen and oxygen atoms in total. The lowest BCUT2D eigenvalue weighted by Crippen LogP contribution is -2.36. The van der Waals surface area contributed by atoms with Crippen molar-refractivity contribution in [2.24, 2.45) is 0 Å². The van der Waals surface area contributed by atoms with Crippen LogP contribution < -0.4 is 15.4 Å². The van der Waals surface area contributed by atoms with Crippen LogP contribution in [0.5, 0.6) is 5.75 Å². The molecule has 3 rings (SSSR count). The third kappa shape index (κ3) is 4.82. The molecule has 2 heterocycles. The van der Waals surface area contributed by atoms with Crippen molar-refractivity contribution < 1.29 is 22.7 Å². The Balaban J connectivity index is 1.67. The summed E-state index contributed by atoms with van der Waals surface area (Å²) in [7, 11) is -1.54. The number of pyridine rings is 1. The van der Waals surface area contributed by atoms with Gasteiger partial charge in [0.15, 0.2) is 9.84 Å². The normalized spacial score (nSPS) is 17.9. The highest BCUT2D eigenvalue weighted by Gasteiger charge is 2.29. The van der Waals surface area contributed by atoms with Gasteiger partial charge in [0.05, 0.1) is 18.6 Å². The second-order valence-electron chi connectivity index (χ2n) is 6.19. The van der Waals surface area contributed by atoms with Crippen molar-refractivity contribution in [2.45, 2.75) is 12.5 Å². The van der Waals surface area contributed by atoms with Crippen LogP contribution in [-0.4, -0.2) is 49.9 Å². The molecule has 1 unspecified atom stereocenters. The second-order valence-corrected chi connectivity index (χ2v) is 8.41. The fourth-order valence-electron chi connectivity index (χ4n) is 2.74. The van der Waals surface area contributed by atoms with Crippen LogP contribution in [0.2, 0.25) is 0 Å². The number of amides is 2. The van der Waals surface area contributed by atoms with E-state index in [1.807, 2.05) is 0 Å². The van der Waals surface area contributed by atoms with E-state index in [0.717, 1.165) is 0 Å². The summed E-state index contributed by atoms with van der Waals surface area (Å²) in [5.74, 6) is -0.229. The molecule has 1 fully saturated rings. The first kappa shape index (κ1) is 18.8. The van der Waals surface area contributed by atoms with Crippen LogP contribution in [0.15, 0.2) is 42.6 Å². The van der Waals surface area contributed by atoms with Crippen LogP contribution >= 0.6 is 0 Å². The molecule has 0 radical (unpaired) electrons. The highest BCUT2D eigenvalue weighted by atomic mass is 32.2. The zero-order chi connectivity index (χ0) is 19.4. The minimum Gasteiger partial charge on any atom is -0.497 e. The number of sulfone groups is 1. The lowest BCUT2D eigenvalue weighted by Gasteiger charge is -2.11. The first-order chi connectivity index (χ1) is 12.9. The SMILES string of the molecule is COc1ccc(NC(=O)c2ccnc(C(=O)NC3CCS(=O)(=O)C3)c2)cc1. The molecule has 0 spiro atoms. The van der Waals surface area contributed by atoms with Crippen LogP contribution in [0.4, 0.5) is 5.69 Å². The molecule has 1 atom stereocenters. The molecular formula is C18H19N3O5S. The Morgan fingerprint density at radius 2 is 1.89 bits per heavy atom. The second kappa shape index (κ2) is 7.75. The summed E-state index contributed by atoms with van der Waals surface area (Å²) < 4.78 is 28.0. The first-order valence-electron chi connectivity index (χ1n) is 8.29. The van der Waals surface area contributed by atoms with E-state index in [2.05, 4.69) is 15.6 Å². The van der Waals surface area contributed by atoms with Crippen LogP contribution in [0.3, 0.4) is 0 Å². The summed E-state index contributed by atoms with van der Waals surface area (Å²) >= 11 is 0. The molecule has 1 aromatic heterocycles. The number of hydrogen-bond acceptors (Lipinski definition) is 6. The van der Waals surface area contributed by atoms with Crippen molar-refractivity contribution in [3.05, 3.63) is 53.9 Å². The highest BCUT2D eigenvalue weighted by molar-refractivity contribution is 7.91. The minimum absolute atomic E-state index is 0.0571. The predicted octanol–water partition coefficient (Wildman–Crippen LogP) is 1.26. The lowest BCUT2D eigenvalue weighted by molar-refractivity contribution is 0.0936.